The zero-order valence-corrected chi connectivity index (χ0v) is 10.8. The fraction of sp³-hybridized carbons (Fsp3) is 0.462. The molecule has 4 N–H and O–H groups in total. The zero-order chi connectivity index (χ0) is 12.8. The monoisotopic (exact) mass is 235 g/mol. The van der Waals surface area contributed by atoms with E-state index in [2.05, 4.69) is 37.9 Å². The van der Waals surface area contributed by atoms with Crippen molar-refractivity contribution in [1.82, 2.24) is 0 Å². The molecule has 94 valence electrons. The van der Waals surface area contributed by atoms with Crippen LogP contribution in [0.4, 0.5) is 0 Å². The summed E-state index contributed by atoms with van der Waals surface area (Å²) in [7, 11) is 0. The Bertz CT molecular complexity index is 409. The van der Waals surface area contributed by atoms with Gasteiger partial charge in [0.15, 0.2) is 5.96 Å². The number of nitrogens with two attached hydrogens (primary N) is 2. The molecule has 0 heterocycles. The number of aliphatic imine (C=N–C) groups is 1. The molecule has 0 radical (unpaired) electrons. The highest BCUT2D eigenvalue weighted by molar-refractivity contribution is 5.75. The molecule has 0 unspecified atom stereocenters. The highest BCUT2D eigenvalue weighted by atomic mass is 16.5. The molecule has 0 aliphatic heterocycles. The summed E-state index contributed by atoms with van der Waals surface area (Å²) in [6.07, 6.45) is 0.810. The third-order valence-corrected chi connectivity index (χ3v) is 2.72. The quantitative estimate of drug-likeness (QED) is 0.463. The molecule has 1 aromatic carbocycles. The van der Waals surface area contributed by atoms with E-state index < -0.39 is 0 Å². The smallest absolute Gasteiger partial charge is 0.185 e. The molecule has 0 amide bonds. The van der Waals surface area contributed by atoms with E-state index in [1.54, 1.807) is 0 Å². The number of guanidine groups is 1. The molecule has 0 saturated carbocycles. The first-order valence-corrected chi connectivity index (χ1v) is 5.77. The Kier molecular flexibility index (Phi) is 4.82. The Morgan fingerprint density at radius 1 is 1.18 bits per heavy atom. The topological polar surface area (TPSA) is 73.6 Å². The van der Waals surface area contributed by atoms with E-state index in [1.807, 2.05) is 0 Å². The summed E-state index contributed by atoms with van der Waals surface area (Å²) in [5.41, 5.74) is 14.1. The van der Waals surface area contributed by atoms with Crippen LogP contribution in [0.5, 0.6) is 5.75 Å². The molecule has 4 heteroatoms. The van der Waals surface area contributed by atoms with Gasteiger partial charge in [0, 0.05) is 13.0 Å². The average molecular weight is 235 g/mol. The van der Waals surface area contributed by atoms with Crippen molar-refractivity contribution in [2.75, 3.05) is 13.2 Å². The van der Waals surface area contributed by atoms with Crippen molar-refractivity contribution in [2.24, 2.45) is 16.5 Å². The standard InChI is InChI=1S/C13H21N3O/c1-9-5-6-10(2)12(11(9)3)17-8-4-7-16-13(14)15/h5-6H,4,7-8H2,1-3H3,(H4,14,15,16). The van der Waals surface area contributed by atoms with Gasteiger partial charge in [-0.25, -0.2) is 0 Å². The maximum Gasteiger partial charge on any atom is 0.185 e. The van der Waals surface area contributed by atoms with Crippen molar-refractivity contribution in [3.8, 4) is 5.75 Å². The number of aryl methyl sites for hydroxylation is 2. The van der Waals surface area contributed by atoms with Crippen molar-refractivity contribution in [3.05, 3.63) is 28.8 Å². The molecule has 1 aromatic rings. The summed E-state index contributed by atoms with van der Waals surface area (Å²) in [6, 6.07) is 4.19. The van der Waals surface area contributed by atoms with Gasteiger partial charge in [0.1, 0.15) is 5.75 Å². The maximum absolute atomic E-state index is 5.78. The van der Waals surface area contributed by atoms with Gasteiger partial charge in [-0.2, -0.15) is 0 Å². The van der Waals surface area contributed by atoms with Crippen LogP contribution in [0.1, 0.15) is 23.1 Å². The molecule has 0 spiro atoms. The molecule has 0 aromatic heterocycles. The summed E-state index contributed by atoms with van der Waals surface area (Å²) in [4.78, 5) is 3.91. The predicted octanol–water partition coefficient (Wildman–Crippen LogP) is 1.65. The van der Waals surface area contributed by atoms with E-state index >= 15 is 0 Å². The Hall–Kier alpha value is -1.71. The lowest BCUT2D eigenvalue weighted by molar-refractivity contribution is 0.309. The van der Waals surface area contributed by atoms with Gasteiger partial charge in [-0.15, -0.1) is 0 Å². The molecule has 17 heavy (non-hydrogen) atoms. The van der Waals surface area contributed by atoms with Crippen molar-refractivity contribution < 1.29 is 4.74 Å². The first-order chi connectivity index (χ1) is 8.02. The lowest BCUT2D eigenvalue weighted by Crippen LogP contribution is -2.23. The summed E-state index contributed by atoms with van der Waals surface area (Å²) >= 11 is 0. The molecule has 0 aliphatic rings. The Morgan fingerprint density at radius 2 is 1.82 bits per heavy atom. The van der Waals surface area contributed by atoms with Gasteiger partial charge < -0.3 is 16.2 Å². The number of hydrogen-bond acceptors (Lipinski definition) is 2. The summed E-state index contributed by atoms with van der Waals surface area (Å²) in [6.45, 7) is 7.45. The lowest BCUT2D eigenvalue weighted by atomic mass is 10.1. The molecular weight excluding hydrogens is 214 g/mol. The third-order valence-electron chi connectivity index (χ3n) is 2.72. The minimum Gasteiger partial charge on any atom is -0.493 e. The largest absolute Gasteiger partial charge is 0.493 e. The first-order valence-electron chi connectivity index (χ1n) is 5.77. The van der Waals surface area contributed by atoms with Crippen LogP contribution >= 0.6 is 0 Å². The van der Waals surface area contributed by atoms with Gasteiger partial charge in [-0.05, 0) is 37.5 Å². The van der Waals surface area contributed by atoms with Gasteiger partial charge >= 0.3 is 0 Å². The number of nitrogens with zero attached hydrogens (tertiary/aromatic N) is 1. The number of hydrogen-bond donors (Lipinski definition) is 2. The van der Waals surface area contributed by atoms with E-state index in [0.717, 1.165) is 17.7 Å². The number of benzene rings is 1. The van der Waals surface area contributed by atoms with E-state index in [1.165, 1.54) is 11.1 Å². The SMILES string of the molecule is Cc1ccc(C)c(OCCCN=C(N)N)c1C. The van der Waals surface area contributed by atoms with Gasteiger partial charge in [-0.1, -0.05) is 12.1 Å². The first kappa shape index (κ1) is 13.4. The lowest BCUT2D eigenvalue weighted by Gasteiger charge is -2.13. The van der Waals surface area contributed by atoms with E-state index in [-0.39, 0.29) is 5.96 Å². The molecule has 0 fully saturated rings. The molecular formula is C13H21N3O. The van der Waals surface area contributed by atoms with Gasteiger partial charge in [0.05, 0.1) is 6.61 Å². The van der Waals surface area contributed by atoms with E-state index in [4.69, 9.17) is 16.2 Å². The van der Waals surface area contributed by atoms with E-state index in [0.29, 0.717) is 13.2 Å². The highest BCUT2D eigenvalue weighted by Gasteiger charge is 2.05. The summed E-state index contributed by atoms with van der Waals surface area (Å²) in [5.74, 6) is 1.11. The fourth-order valence-corrected chi connectivity index (χ4v) is 1.59. The Balaban J connectivity index is 2.52. The molecule has 0 saturated heterocycles. The average Bonchev–Trinajstić information content (AvgIpc) is 2.27. The molecule has 0 bridgehead atoms. The van der Waals surface area contributed by atoms with Crippen LogP contribution in [0, 0.1) is 20.8 Å². The molecule has 0 aliphatic carbocycles. The second-order valence-electron chi connectivity index (χ2n) is 4.16. The predicted molar refractivity (Wildman–Crippen MR) is 71.4 cm³/mol. The van der Waals surface area contributed by atoms with Crippen LogP contribution in [0.15, 0.2) is 17.1 Å². The van der Waals surface area contributed by atoms with Crippen molar-refractivity contribution in [1.29, 1.82) is 0 Å². The summed E-state index contributed by atoms with van der Waals surface area (Å²) < 4.78 is 5.78. The summed E-state index contributed by atoms with van der Waals surface area (Å²) in [5, 5.41) is 0. The van der Waals surface area contributed by atoms with Crippen LogP contribution in [-0.2, 0) is 0 Å². The van der Waals surface area contributed by atoms with Crippen molar-refractivity contribution >= 4 is 5.96 Å². The number of rotatable bonds is 5. The normalized spacial score (nSPS) is 10.1. The zero-order valence-electron chi connectivity index (χ0n) is 10.8. The van der Waals surface area contributed by atoms with Crippen LogP contribution in [0.2, 0.25) is 0 Å². The van der Waals surface area contributed by atoms with Gasteiger partial charge in [0.25, 0.3) is 0 Å². The Morgan fingerprint density at radius 3 is 2.47 bits per heavy atom. The van der Waals surface area contributed by atoms with Crippen LogP contribution in [0.3, 0.4) is 0 Å². The Labute approximate surface area is 103 Å². The minimum atomic E-state index is 0.132. The minimum absolute atomic E-state index is 0.132. The molecule has 1 rings (SSSR count). The maximum atomic E-state index is 5.78. The van der Waals surface area contributed by atoms with Gasteiger partial charge in [0.2, 0.25) is 0 Å². The van der Waals surface area contributed by atoms with Crippen LogP contribution < -0.4 is 16.2 Å². The third kappa shape index (κ3) is 3.98. The fourth-order valence-electron chi connectivity index (χ4n) is 1.59. The second-order valence-corrected chi connectivity index (χ2v) is 4.16. The number of ether oxygens (including phenoxy) is 1. The highest BCUT2D eigenvalue weighted by Crippen LogP contribution is 2.25. The van der Waals surface area contributed by atoms with Crippen LogP contribution in [0.25, 0.3) is 0 Å². The molecule has 4 nitrogen and oxygen atoms in total. The second kappa shape index (κ2) is 6.13. The van der Waals surface area contributed by atoms with Gasteiger partial charge in [-0.3, -0.25) is 4.99 Å². The van der Waals surface area contributed by atoms with E-state index in [9.17, 15) is 0 Å². The van der Waals surface area contributed by atoms with Crippen molar-refractivity contribution in [2.45, 2.75) is 27.2 Å². The van der Waals surface area contributed by atoms with Crippen molar-refractivity contribution in [3.63, 3.8) is 0 Å². The molecule has 0 atom stereocenters. The van der Waals surface area contributed by atoms with Crippen LogP contribution in [-0.4, -0.2) is 19.1 Å².